The van der Waals surface area contributed by atoms with Gasteiger partial charge in [-0.05, 0) is 29.3 Å². The van der Waals surface area contributed by atoms with Crippen LogP contribution in [-0.4, -0.2) is 17.1 Å². The van der Waals surface area contributed by atoms with E-state index >= 15 is 0 Å². The molecule has 0 unspecified atom stereocenters. The molecule has 0 radical (unpaired) electrons. The van der Waals surface area contributed by atoms with Gasteiger partial charge in [0.1, 0.15) is 0 Å². The minimum absolute atomic E-state index is 0.375. The molecule has 0 bridgehead atoms. The van der Waals surface area contributed by atoms with E-state index in [4.69, 9.17) is 0 Å². The molecule has 2 rings (SSSR count). The molecule has 0 amide bonds. The van der Waals surface area contributed by atoms with Crippen LogP contribution in [0.4, 0.5) is 13.2 Å². The van der Waals surface area contributed by atoms with Crippen LogP contribution in [0.15, 0.2) is 65.1 Å². The van der Waals surface area contributed by atoms with Gasteiger partial charge in [-0.2, -0.15) is 13.2 Å². The number of aliphatic hydroxyl groups is 1. The summed E-state index contributed by atoms with van der Waals surface area (Å²) in [4.78, 5) is 12.0. The van der Waals surface area contributed by atoms with Gasteiger partial charge in [0.25, 0.3) is 0 Å². The van der Waals surface area contributed by atoms with Gasteiger partial charge in [0.2, 0.25) is 0 Å². The number of rotatable bonds is 5. The standard InChI is InChI=1S/C18H14BrF3O2/c19-15-9-7-14(8-10-15)17(24,18(20,21)22)12-16(23)11-6-13-4-2-1-3-5-13/h1-11,24H,12H2/b11-6+/t17-/m1/s1. The smallest absolute Gasteiger partial charge is 0.376 e. The Morgan fingerprint density at radius 1 is 1.04 bits per heavy atom. The lowest BCUT2D eigenvalue weighted by Crippen LogP contribution is -2.43. The predicted octanol–water partition coefficient (Wildman–Crippen LogP) is 4.87. The summed E-state index contributed by atoms with van der Waals surface area (Å²) in [6, 6.07) is 13.8. The SMILES string of the molecule is O=C(/C=C/c1ccccc1)C[C@@](O)(c1ccc(Br)cc1)C(F)(F)F. The lowest BCUT2D eigenvalue weighted by atomic mass is 9.87. The largest absolute Gasteiger partial charge is 0.421 e. The van der Waals surface area contributed by atoms with Crippen molar-refractivity contribution < 1.29 is 23.1 Å². The molecule has 0 aliphatic carbocycles. The van der Waals surface area contributed by atoms with E-state index in [1.54, 1.807) is 30.3 Å². The minimum atomic E-state index is -4.98. The number of hydrogen-bond donors (Lipinski definition) is 1. The van der Waals surface area contributed by atoms with Crippen LogP contribution in [0.25, 0.3) is 6.08 Å². The zero-order valence-electron chi connectivity index (χ0n) is 12.4. The van der Waals surface area contributed by atoms with E-state index < -0.39 is 24.0 Å². The van der Waals surface area contributed by atoms with E-state index in [0.29, 0.717) is 10.0 Å². The number of allylic oxidation sites excluding steroid dienone is 1. The van der Waals surface area contributed by atoms with E-state index in [1.165, 1.54) is 18.2 Å². The fourth-order valence-corrected chi connectivity index (χ4v) is 2.42. The van der Waals surface area contributed by atoms with Gasteiger partial charge in [-0.15, -0.1) is 0 Å². The molecule has 2 nitrogen and oxygen atoms in total. The highest BCUT2D eigenvalue weighted by Crippen LogP contribution is 2.42. The molecule has 0 spiro atoms. The Bertz CT molecular complexity index is 724. The van der Waals surface area contributed by atoms with E-state index in [9.17, 15) is 23.1 Å². The lowest BCUT2D eigenvalue weighted by Gasteiger charge is -2.30. The van der Waals surface area contributed by atoms with Crippen molar-refractivity contribution in [2.75, 3.05) is 0 Å². The van der Waals surface area contributed by atoms with Crippen molar-refractivity contribution in [2.45, 2.75) is 18.2 Å². The third-order valence-corrected chi connectivity index (χ3v) is 4.01. The summed E-state index contributed by atoms with van der Waals surface area (Å²) in [7, 11) is 0. The first-order valence-electron chi connectivity index (χ1n) is 7.03. The Balaban J connectivity index is 2.25. The molecule has 0 aromatic heterocycles. The summed E-state index contributed by atoms with van der Waals surface area (Å²) in [6.45, 7) is 0. The molecule has 0 aliphatic heterocycles. The normalized spacial score (nSPS) is 14.5. The van der Waals surface area contributed by atoms with Crippen LogP contribution in [0.5, 0.6) is 0 Å². The average Bonchev–Trinajstić information content (AvgIpc) is 2.53. The summed E-state index contributed by atoms with van der Waals surface area (Å²) < 4.78 is 40.7. The van der Waals surface area contributed by atoms with Gasteiger partial charge < -0.3 is 5.11 Å². The van der Waals surface area contributed by atoms with Gasteiger partial charge in [-0.1, -0.05) is 64.5 Å². The molecule has 1 atom stereocenters. The number of halogens is 4. The third-order valence-electron chi connectivity index (χ3n) is 3.48. The molecule has 0 heterocycles. The molecule has 6 heteroatoms. The zero-order valence-corrected chi connectivity index (χ0v) is 14.0. The fourth-order valence-electron chi connectivity index (χ4n) is 2.16. The molecule has 0 aliphatic rings. The second-order valence-electron chi connectivity index (χ2n) is 5.25. The Morgan fingerprint density at radius 2 is 1.62 bits per heavy atom. The van der Waals surface area contributed by atoms with Crippen LogP contribution < -0.4 is 0 Å². The number of alkyl halides is 3. The van der Waals surface area contributed by atoms with Gasteiger partial charge in [0, 0.05) is 4.47 Å². The number of benzene rings is 2. The van der Waals surface area contributed by atoms with Gasteiger partial charge in [-0.3, -0.25) is 4.79 Å². The highest BCUT2D eigenvalue weighted by atomic mass is 79.9. The molecule has 126 valence electrons. The van der Waals surface area contributed by atoms with Crippen molar-refractivity contribution in [1.82, 2.24) is 0 Å². The molecule has 2 aromatic rings. The van der Waals surface area contributed by atoms with Crippen molar-refractivity contribution in [3.05, 3.63) is 76.3 Å². The van der Waals surface area contributed by atoms with Gasteiger partial charge in [0.05, 0.1) is 6.42 Å². The van der Waals surface area contributed by atoms with E-state index in [0.717, 1.165) is 18.2 Å². The van der Waals surface area contributed by atoms with Crippen LogP contribution >= 0.6 is 15.9 Å². The molecule has 24 heavy (non-hydrogen) atoms. The summed E-state index contributed by atoms with van der Waals surface area (Å²) >= 11 is 3.12. The summed E-state index contributed by atoms with van der Waals surface area (Å²) in [5.74, 6) is -0.818. The van der Waals surface area contributed by atoms with Crippen molar-refractivity contribution in [1.29, 1.82) is 0 Å². The average molecular weight is 399 g/mol. The fraction of sp³-hybridized carbons (Fsp3) is 0.167. The Morgan fingerprint density at radius 3 is 2.17 bits per heavy atom. The third kappa shape index (κ3) is 4.33. The van der Waals surface area contributed by atoms with E-state index in [-0.39, 0.29) is 5.56 Å². The maximum Gasteiger partial charge on any atom is 0.421 e. The molecule has 1 N–H and O–H groups in total. The summed E-state index contributed by atoms with van der Waals surface area (Å²) in [5, 5.41) is 10.2. The maximum atomic E-state index is 13.4. The highest BCUT2D eigenvalue weighted by molar-refractivity contribution is 9.10. The minimum Gasteiger partial charge on any atom is -0.376 e. The maximum absolute atomic E-state index is 13.4. The first-order chi connectivity index (χ1) is 11.2. The second kappa shape index (κ2) is 7.32. The number of hydrogen-bond acceptors (Lipinski definition) is 2. The zero-order chi connectivity index (χ0) is 17.8. The van der Waals surface area contributed by atoms with Gasteiger partial charge in [-0.25, -0.2) is 0 Å². The van der Waals surface area contributed by atoms with Crippen LogP contribution in [0, 0.1) is 0 Å². The molecule has 0 saturated carbocycles. The quantitative estimate of drug-likeness (QED) is 0.729. The van der Waals surface area contributed by atoms with Crippen LogP contribution in [0.2, 0.25) is 0 Å². The van der Waals surface area contributed by atoms with Gasteiger partial charge in [0.15, 0.2) is 11.4 Å². The number of ketones is 1. The number of carbonyl (C=O) groups is 1. The van der Waals surface area contributed by atoms with Crippen LogP contribution in [0.1, 0.15) is 17.5 Å². The molecular weight excluding hydrogens is 385 g/mol. The molecule has 0 saturated heterocycles. The predicted molar refractivity (Wildman–Crippen MR) is 89.2 cm³/mol. The molecule has 0 fully saturated rings. The molecular formula is C18H14BrF3O2. The monoisotopic (exact) mass is 398 g/mol. The first-order valence-corrected chi connectivity index (χ1v) is 7.83. The van der Waals surface area contributed by atoms with Crippen molar-refractivity contribution in [3.63, 3.8) is 0 Å². The Hall–Kier alpha value is -1.92. The summed E-state index contributed by atoms with van der Waals surface area (Å²) in [6.07, 6.45) is -3.59. The topological polar surface area (TPSA) is 37.3 Å². The van der Waals surface area contributed by atoms with E-state index in [1.807, 2.05) is 0 Å². The highest BCUT2D eigenvalue weighted by Gasteiger charge is 2.55. The lowest BCUT2D eigenvalue weighted by molar-refractivity contribution is -0.266. The second-order valence-corrected chi connectivity index (χ2v) is 6.17. The number of carbonyl (C=O) groups excluding carboxylic acids is 1. The Labute approximate surface area is 145 Å². The van der Waals surface area contributed by atoms with Crippen LogP contribution in [-0.2, 0) is 10.4 Å². The van der Waals surface area contributed by atoms with E-state index in [2.05, 4.69) is 15.9 Å². The summed E-state index contributed by atoms with van der Waals surface area (Å²) in [5.41, 5.74) is -2.92. The van der Waals surface area contributed by atoms with Gasteiger partial charge >= 0.3 is 6.18 Å². The van der Waals surface area contributed by atoms with Crippen molar-refractivity contribution in [2.24, 2.45) is 0 Å². The molecule has 2 aromatic carbocycles. The van der Waals surface area contributed by atoms with Crippen molar-refractivity contribution in [3.8, 4) is 0 Å². The van der Waals surface area contributed by atoms with Crippen molar-refractivity contribution >= 4 is 27.8 Å². The van der Waals surface area contributed by atoms with Crippen LogP contribution in [0.3, 0.4) is 0 Å². The first kappa shape index (κ1) is 18.4. The Kier molecular flexibility index (Phi) is 5.62.